The number of rotatable bonds is 5. The molecule has 0 unspecified atom stereocenters. The average Bonchev–Trinajstić information content (AvgIpc) is 2.42. The van der Waals surface area contributed by atoms with Gasteiger partial charge in [0.05, 0.1) is 12.6 Å². The van der Waals surface area contributed by atoms with Crippen molar-refractivity contribution in [3.05, 3.63) is 0 Å². The first-order valence-corrected chi connectivity index (χ1v) is 5.22. The van der Waals surface area contributed by atoms with Crippen LogP contribution in [0.2, 0.25) is 0 Å². The SMILES string of the molecule is CC(C)OCCCN1C(=O)CNC1=S. The lowest BCUT2D eigenvalue weighted by atomic mass is 10.4. The minimum Gasteiger partial charge on any atom is -0.379 e. The summed E-state index contributed by atoms with van der Waals surface area (Å²) >= 11 is 4.97. The molecular formula is C9H16N2O2S. The topological polar surface area (TPSA) is 41.6 Å². The highest BCUT2D eigenvalue weighted by Crippen LogP contribution is 2.01. The zero-order valence-electron chi connectivity index (χ0n) is 8.58. The summed E-state index contributed by atoms with van der Waals surface area (Å²) < 4.78 is 5.37. The van der Waals surface area contributed by atoms with Crippen LogP contribution in [0.3, 0.4) is 0 Å². The molecule has 80 valence electrons. The molecule has 1 aliphatic heterocycles. The number of thiocarbonyl (C=S) groups is 1. The molecule has 1 aliphatic rings. The Hall–Kier alpha value is -0.680. The predicted molar refractivity (Wildman–Crippen MR) is 58.0 cm³/mol. The van der Waals surface area contributed by atoms with Gasteiger partial charge < -0.3 is 10.1 Å². The summed E-state index contributed by atoms with van der Waals surface area (Å²) in [6.45, 7) is 5.64. The van der Waals surface area contributed by atoms with E-state index in [2.05, 4.69) is 5.32 Å². The maximum absolute atomic E-state index is 11.2. The van der Waals surface area contributed by atoms with E-state index in [-0.39, 0.29) is 12.0 Å². The Balaban J connectivity index is 2.17. The van der Waals surface area contributed by atoms with E-state index in [1.807, 2.05) is 13.8 Å². The van der Waals surface area contributed by atoms with Crippen molar-refractivity contribution in [3.63, 3.8) is 0 Å². The molecule has 0 aliphatic carbocycles. The van der Waals surface area contributed by atoms with Crippen LogP contribution in [-0.2, 0) is 9.53 Å². The summed E-state index contributed by atoms with van der Waals surface area (Å²) in [7, 11) is 0. The maximum atomic E-state index is 11.2. The fraction of sp³-hybridized carbons (Fsp3) is 0.778. The zero-order chi connectivity index (χ0) is 10.6. The average molecular weight is 216 g/mol. The minimum absolute atomic E-state index is 0.0551. The zero-order valence-corrected chi connectivity index (χ0v) is 9.39. The summed E-state index contributed by atoms with van der Waals surface area (Å²) in [5.74, 6) is 0.0551. The van der Waals surface area contributed by atoms with E-state index >= 15 is 0 Å². The fourth-order valence-corrected chi connectivity index (χ4v) is 1.49. The number of nitrogens with zero attached hydrogens (tertiary/aromatic N) is 1. The molecule has 0 bridgehead atoms. The lowest BCUT2D eigenvalue weighted by Gasteiger charge is -2.14. The van der Waals surface area contributed by atoms with Crippen LogP contribution in [0.4, 0.5) is 0 Å². The van der Waals surface area contributed by atoms with E-state index in [0.717, 1.165) is 6.42 Å². The molecule has 0 aromatic rings. The van der Waals surface area contributed by atoms with Gasteiger partial charge in [-0.2, -0.15) is 0 Å². The Morgan fingerprint density at radius 3 is 2.86 bits per heavy atom. The first-order valence-electron chi connectivity index (χ1n) is 4.81. The molecule has 0 aromatic carbocycles. The van der Waals surface area contributed by atoms with Gasteiger partial charge in [-0.1, -0.05) is 0 Å². The quantitative estimate of drug-likeness (QED) is 0.537. The molecule has 0 radical (unpaired) electrons. The lowest BCUT2D eigenvalue weighted by Crippen LogP contribution is -2.32. The third-order valence-electron chi connectivity index (χ3n) is 1.91. The van der Waals surface area contributed by atoms with Gasteiger partial charge in [-0.25, -0.2) is 0 Å². The summed E-state index contributed by atoms with van der Waals surface area (Å²) in [4.78, 5) is 12.8. The smallest absolute Gasteiger partial charge is 0.248 e. The molecule has 0 atom stereocenters. The molecule has 1 heterocycles. The first-order chi connectivity index (χ1) is 6.61. The van der Waals surface area contributed by atoms with Crippen LogP contribution < -0.4 is 5.32 Å². The summed E-state index contributed by atoms with van der Waals surface area (Å²) in [6.07, 6.45) is 1.07. The van der Waals surface area contributed by atoms with Gasteiger partial charge in [0.25, 0.3) is 0 Å². The Bertz CT molecular complexity index is 215. The Labute approximate surface area is 89.6 Å². The Morgan fingerprint density at radius 2 is 2.36 bits per heavy atom. The highest BCUT2D eigenvalue weighted by Gasteiger charge is 2.24. The van der Waals surface area contributed by atoms with Crippen molar-refractivity contribution in [1.29, 1.82) is 0 Å². The van der Waals surface area contributed by atoms with Gasteiger partial charge in [0.15, 0.2) is 5.11 Å². The van der Waals surface area contributed by atoms with E-state index in [4.69, 9.17) is 17.0 Å². The molecule has 0 aromatic heterocycles. The monoisotopic (exact) mass is 216 g/mol. The van der Waals surface area contributed by atoms with E-state index in [1.54, 1.807) is 4.90 Å². The Morgan fingerprint density at radius 1 is 1.64 bits per heavy atom. The van der Waals surface area contributed by atoms with Crippen molar-refractivity contribution in [2.24, 2.45) is 0 Å². The van der Waals surface area contributed by atoms with Gasteiger partial charge in [0.2, 0.25) is 5.91 Å². The van der Waals surface area contributed by atoms with Gasteiger partial charge >= 0.3 is 0 Å². The van der Waals surface area contributed by atoms with Crippen molar-refractivity contribution in [2.45, 2.75) is 26.4 Å². The highest BCUT2D eigenvalue weighted by molar-refractivity contribution is 7.80. The number of carbonyl (C=O) groups is 1. The van der Waals surface area contributed by atoms with Crippen molar-refractivity contribution >= 4 is 23.2 Å². The molecule has 0 saturated carbocycles. The van der Waals surface area contributed by atoms with Gasteiger partial charge in [-0.3, -0.25) is 9.69 Å². The lowest BCUT2D eigenvalue weighted by molar-refractivity contribution is -0.124. The number of hydrogen-bond donors (Lipinski definition) is 1. The minimum atomic E-state index is 0.0551. The van der Waals surface area contributed by atoms with Gasteiger partial charge in [-0.05, 0) is 32.5 Å². The fourth-order valence-electron chi connectivity index (χ4n) is 1.22. The summed E-state index contributed by atoms with van der Waals surface area (Å²) in [5.41, 5.74) is 0. The van der Waals surface area contributed by atoms with Crippen LogP contribution >= 0.6 is 12.2 Å². The molecule has 1 amide bonds. The number of ether oxygens (including phenoxy) is 1. The molecule has 0 spiro atoms. The van der Waals surface area contributed by atoms with Crippen LogP contribution in [0.5, 0.6) is 0 Å². The largest absolute Gasteiger partial charge is 0.379 e. The normalized spacial score (nSPS) is 16.6. The third kappa shape index (κ3) is 3.23. The second-order valence-electron chi connectivity index (χ2n) is 3.48. The number of carbonyl (C=O) groups excluding carboxylic acids is 1. The summed E-state index contributed by atoms with van der Waals surface area (Å²) in [6, 6.07) is 0. The summed E-state index contributed by atoms with van der Waals surface area (Å²) in [5, 5.41) is 3.38. The van der Waals surface area contributed by atoms with E-state index in [9.17, 15) is 4.79 Å². The molecule has 1 rings (SSSR count). The van der Waals surface area contributed by atoms with Crippen LogP contribution in [0.15, 0.2) is 0 Å². The van der Waals surface area contributed by atoms with Gasteiger partial charge in [0, 0.05) is 13.2 Å². The highest BCUT2D eigenvalue weighted by atomic mass is 32.1. The molecule has 4 nitrogen and oxygen atoms in total. The van der Waals surface area contributed by atoms with Gasteiger partial charge in [0.1, 0.15) is 0 Å². The standard InChI is InChI=1S/C9H16N2O2S/c1-7(2)13-5-3-4-11-8(12)6-10-9(11)14/h7H,3-6H2,1-2H3,(H,10,14). The van der Waals surface area contributed by atoms with Crippen LogP contribution in [0.25, 0.3) is 0 Å². The van der Waals surface area contributed by atoms with Gasteiger partial charge in [-0.15, -0.1) is 0 Å². The van der Waals surface area contributed by atoms with Crippen molar-refractivity contribution in [1.82, 2.24) is 10.2 Å². The molecule has 1 fully saturated rings. The van der Waals surface area contributed by atoms with Crippen LogP contribution in [0, 0.1) is 0 Å². The molecule has 1 saturated heterocycles. The third-order valence-corrected chi connectivity index (χ3v) is 2.28. The maximum Gasteiger partial charge on any atom is 0.248 e. The number of nitrogens with one attached hydrogen (secondary N) is 1. The first kappa shape index (κ1) is 11.4. The predicted octanol–water partition coefficient (Wildman–Crippen LogP) is 0.518. The van der Waals surface area contributed by atoms with E-state index < -0.39 is 0 Å². The van der Waals surface area contributed by atoms with Crippen LogP contribution in [0.1, 0.15) is 20.3 Å². The molecule has 1 N–H and O–H groups in total. The molecular weight excluding hydrogens is 200 g/mol. The second kappa shape index (κ2) is 5.26. The molecule has 5 heteroatoms. The van der Waals surface area contributed by atoms with Crippen molar-refractivity contribution < 1.29 is 9.53 Å². The second-order valence-corrected chi connectivity index (χ2v) is 3.86. The number of amides is 1. The number of hydrogen-bond acceptors (Lipinski definition) is 3. The van der Waals surface area contributed by atoms with Crippen molar-refractivity contribution in [2.75, 3.05) is 19.7 Å². The van der Waals surface area contributed by atoms with E-state index in [1.165, 1.54) is 0 Å². The Kier molecular flexibility index (Phi) is 4.28. The van der Waals surface area contributed by atoms with Crippen LogP contribution in [-0.4, -0.2) is 41.7 Å². The molecule has 14 heavy (non-hydrogen) atoms. The van der Waals surface area contributed by atoms with Crippen molar-refractivity contribution in [3.8, 4) is 0 Å². The van der Waals surface area contributed by atoms with E-state index in [0.29, 0.717) is 24.8 Å².